The van der Waals surface area contributed by atoms with Gasteiger partial charge in [0.2, 0.25) is 0 Å². The molecule has 0 unspecified atom stereocenters. The summed E-state index contributed by atoms with van der Waals surface area (Å²) in [5, 5.41) is 0. The van der Waals surface area contributed by atoms with Gasteiger partial charge in [0.1, 0.15) is 10.4 Å². The van der Waals surface area contributed by atoms with Crippen molar-refractivity contribution in [3.8, 4) is 11.3 Å². The second kappa shape index (κ2) is 11.2. The second-order valence-electron chi connectivity index (χ2n) is 6.71. The molecule has 2 aromatic rings. The Kier molecular flexibility index (Phi) is 8.96. The van der Waals surface area contributed by atoms with Crippen LogP contribution in [0.2, 0.25) is 0 Å². The number of benzene rings is 1. The van der Waals surface area contributed by atoms with Gasteiger partial charge >= 0.3 is 12.1 Å². The molecule has 0 radical (unpaired) electrons. The Hall–Kier alpha value is -1.89. The van der Waals surface area contributed by atoms with Crippen LogP contribution in [0.4, 0.5) is 13.2 Å². The minimum absolute atomic E-state index is 0.129. The minimum Gasteiger partial charge on any atom is -0.461 e. The molecule has 0 aliphatic heterocycles. The van der Waals surface area contributed by atoms with E-state index in [0.29, 0.717) is 23.5 Å². The first-order chi connectivity index (χ1) is 13.4. The fraction of sp³-hybridized carbons (Fsp3) is 0.524. The predicted molar refractivity (Wildman–Crippen MR) is 105 cm³/mol. The lowest BCUT2D eigenvalue weighted by Crippen LogP contribution is -2.14. The highest BCUT2D eigenvalue weighted by Crippen LogP contribution is 2.41. The quantitative estimate of drug-likeness (QED) is 0.291. The van der Waals surface area contributed by atoms with E-state index in [1.165, 1.54) is 25.7 Å². The highest BCUT2D eigenvalue weighted by molar-refractivity contribution is 7.08. The van der Waals surface area contributed by atoms with E-state index in [1.807, 2.05) is 0 Å². The van der Waals surface area contributed by atoms with Crippen molar-refractivity contribution in [1.29, 1.82) is 0 Å². The van der Waals surface area contributed by atoms with Gasteiger partial charge in [0.15, 0.2) is 0 Å². The second-order valence-corrected chi connectivity index (χ2v) is 7.48. The molecule has 0 spiro atoms. The van der Waals surface area contributed by atoms with Gasteiger partial charge in [-0.2, -0.15) is 17.5 Å². The highest BCUT2D eigenvalue weighted by atomic mass is 32.1. The van der Waals surface area contributed by atoms with Crippen LogP contribution in [0, 0.1) is 0 Å². The van der Waals surface area contributed by atoms with Gasteiger partial charge in [-0.25, -0.2) is 4.79 Å². The highest BCUT2D eigenvalue weighted by Gasteiger charge is 2.41. The van der Waals surface area contributed by atoms with Gasteiger partial charge in [0.05, 0.1) is 12.3 Å². The Bertz CT molecular complexity index is 729. The summed E-state index contributed by atoms with van der Waals surface area (Å²) in [6.07, 6.45) is 3.97. The number of unbranched alkanes of at least 4 members (excludes halogenated alkanes) is 7. The molecule has 0 fully saturated rings. The van der Waals surface area contributed by atoms with Crippen LogP contribution < -0.4 is 0 Å². The average molecular weight is 414 g/mol. The van der Waals surface area contributed by atoms with Crippen molar-refractivity contribution >= 4 is 17.5 Å². The lowest BCUT2D eigenvalue weighted by atomic mass is 10.1. The maximum absolute atomic E-state index is 13.6. The third kappa shape index (κ3) is 6.62. The van der Waals surface area contributed by atoms with Crippen LogP contribution in [0.5, 0.6) is 0 Å². The maximum Gasteiger partial charge on any atom is 0.420 e. The molecular formula is C21H26F3NO2S. The largest absolute Gasteiger partial charge is 0.461 e. The number of halogens is 3. The van der Waals surface area contributed by atoms with Crippen molar-refractivity contribution in [2.45, 2.75) is 64.5 Å². The Balaban J connectivity index is 1.90. The first-order valence-electron chi connectivity index (χ1n) is 9.74. The number of esters is 1. The summed E-state index contributed by atoms with van der Waals surface area (Å²) < 4.78 is 49.7. The van der Waals surface area contributed by atoms with Crippen molar-refractivity contribution in [1.82, 2.24) is 4.37 Å². The molecule has 0 atom stereocenters. The fourth-order valence-electron chi connectivity index (χ4n) is 2.95. The number of carbonyl (C=O) groups excluding carboxylic acids is 1. The molecule has 7 heteroatoms. The molecule has 1 heterocycles. The molecule has 0 amide bonds. The molecular weight excluding hydrogens is 387 g/mol. The Labute approximate surface area is 168 Å². The van der Waals surface area contributed by atoms with E-state index in [-0.39, 0.29) is 12.3 Å². The summed E-state index contributed by atoms with van der Waals surface area (Å²) >= 11 is 0.541. The number of hydrogen-bond donors (Lipinski definition) is 0. The molecule has 1 aromatic heterocycles. The van der Waals surface area contributed by atoms with E-state index >= 15 is 0 Å². The standard InChI is InChI=1S/C21H26F3NO2S/c1-2-3-4-5-6-7-8-12-15-27-20(26)19-17(21(22,23)24)18(25-28-19)16-13-10-9-11-14-16/h9-11,13-14H,2-8,12,15H2,1H3. The SMILES string of the molecule is CCCCCCCCCCOC(=O)c1snc(-c2ccccc2)c1C(F)(F)F. The molecule has 1 aromatic carbocycles. The van der Waals surface area contributed by atoms with Crippen LogP contribution in [0.15, 0.2) is 30.3 Å². The molecule has 0 bridgehead atoms. The van der Waals surface area contributed by atoms with Crippen LogP contribution in [-0.2, 0) is 10.9 Å². The van der Waals surface area contributed by atoms with Crippen LogP contribution in [0.3, 0.4) is 0 Å². The van der Waals surface area contributed by atoms with Crippen molar-refractivity contribution in [3.63, 3.8) is 0 Å². The normalized spacial score (nSPS) is 11.6. The van der Waals surface area contributed by atoms with Gasteiger partial charge in [0, 0.05) is 5.56 Å². The molecule has 3 nitrogen and oxygen atoms in total. The number of carbonyl (C=O) groups is 1. The lowest BCUT2D eigenvalue weighted by Gasteiger charge is -2.10. The fourth-order valence-corrected chi connectivity index (χ4v) is 3.77. The number of ether oxygens (including phenoxy) is 1. The van der Waals surface area contributed by atoms with Crippen molar-refractivity contribution in [3.05, 3.63) is 40.8 Å². The minimum atomic E-state index is -4.68. The Morgan fingerprint density at radius 1 is 1.00 bits per heavy atom. The summed E-state index contributed by atoms with van der Waals surface area (Å²) in [4.78, 5) is 11.7. The number of alkyl halides is 3. The zero-order valence-corrected chi connectivity index (χ0v) is 16.9. The van der Waals surface area contributed by atoms with Gasteiger partial charge in [-0.3, -0.25) is 0 Å². The number of nitrogens with zero attached hydrogens (tertiary/aromatic N) is 1. The predicted octanol–water partition coefficient (Wildman–Crippen LogP) is 7.13. The average Bonchev–Trinajstić information content (AvgIpc) is 3.13. The third-order valence-corrected chi connectivity index (χ3v) is 5.27. The van der Waals surface area contributed by atoms with E-state index < -0.39 is 22.6 Å². The molecule has 0 saturated heterocycles. The number of aromatic nitrogens is 1. The van der Waals surface area contributed by atoms with E-state index in [9.17, 15) is 18.0 Å². The van der Waals surface area contributed by atoms with Crippen molar-refractivity contribution < 1.29 is 22.7 Å². The molecule has 154 valence electrons. The molecule has 0 aliphatic rings. The molecule has 28 heavy (non-hydrogen) atoms. The van der Waals surface area contributed by atoms with Gasteiger partial charge < -0.3 is 4.74 Å². The van der Waals surface area contributed by atoms with E-state index in [2.05, 4.69) is 11.3 Å². The van der Waals surface area contributed by atoms with Crippen molar-refractivity contribution in [2.75, 3.05) is 6.61 Å². The van der Waals surface area contributed by atoms with Gasteiger partial charge in [-0.15, -0.1) is 0 Å². The third-order valence-electron chi connectivity index (χ3n) is 4.44. The smallest absolute Gasteiger partial charge is 0.420 e. The zero-order chi connectivity index (χ0) is 20.4. The maximum atomic E-state index is 13.6. The topological polar surface area (TPSA) is 39.2 Å². The van der Waals surface area contributed by atoms with Gasteiger partial charge in [-0.1, -0.05) is 82.2 Å². The van der Waals surface area contributed by atoms with Crippen LogP contribution >= 0.6 is 11.5 Å². The van der Waals surface area contributed by atoms with Crippen molar-refractivity contribution in [2.24, 2.45) is 0 Å². The summed E-state index contributed by atoms with van der Waals surface area (Å²) in [7, 11) is 0. The summed E-state index contributed by atoms with van der Waals surface area (Å²) in [5.74, 6) is -0.949. The van der Waals surface area contributed by atoms with E-state index in [4.69, 9.17) is 4.74 Å². The van der Waals surface area contributed by atoms with Gasteiger partial charge in [-0.05, 0) is 18.0 Å². The monoisotopic (exact) mass is 413 g/mol. The van der Waals surface area contributed by atoms with E-state index in [1.54, 1.807) is 30.3 Å². The summed E-state index contributed by atoms with van der Waals surface area (Å²) in [6, 6.07) is 8.06. The number of rotatable bonds is 11. The zero-order valence-electron chi connectivity index (χ0n) is 16.1. The van der Waals surface area contributed by atoms with Crippen LogP contribution in [-0.4, -0.2) is 16.9 Å². The molecule has 0 saturated carbocycles. The van der Waals surface area contributed by atoms with Crippen LogP contribution in [0.1, 0.15) is 73.5 Å². The molecule has 2 rings (SSSR count). The Morgan fingerprint density at radius 2 is 1.61 bits per heavy atom. The van der Waals surface area contributed by atoms with Gasteiger partial charge in [0.25, 0.3) is 0 Å². The number of hydrogen-bond acceptors (Lipinski definition) is 4. The Morgan fingerprint density at radius 3 is 2.21 bits per heavy atom. The summed E-state index contributed by atoms with van der Waals surface area (Å²) in [6.45, 7) is 2.30. The first kappa shape index (κ1) is 22.4. The van der Waals surface area contributed by atoms with E-state index in [0.717, 1.165) is 19.3 Å². The lowest BCUT2D eigenvalue weighted by molar-refractivity contribution is -0.137. The first-order valence-corrected chi connectivity index (χ1v) is 10.5. The van der Waals surface area contributed by atoms with Crippen LogP contribution in [0.25, 0.3) is 11.3 Å². The summed E-state index contributed by atoms with van der Waals surface area (Å²) in [5.41, 5.74) is -0.907. The molecule has 0 N–H and O–H groups in total. The molecule has 0 aliphatic carbocycles.